The maximum Gasteiger partial charge on any atom is 0.407 e. The minimum Gasteiger partial charge on any atom is -0.444 e. The van der Waals surface area contributed by atoms with Crippen LogP contribution in [0.15, 0.2) is 0 Å². The number of carbonyl (C=O) groups excluding carboxylic acids is 1. The monoisotopic (exact) mass is 290 g/mol. The number of carbonyl (C=O) groups is 1. The number of hydrogen-bond donors (Lipinski definition) is 2. The number of halogens is 2. The van der Waals surface area contributed by atoms with Gasteiger partial charge in [0, 0.05) is 12.5 Å². The molecule has 0 aromatic rings. The second kappa shape index (κ2) is 4.83. The van der Waals surface area contributed by atoms with Crippen LogP contribution in [-0.4, -0.2) is 29.2 Å². The van der Waals surface area contributed by atoms with Gasteiger partial charge in [0.1, 0.15) is 5.60 Å². The Morgan fingerprint density at radius 2 is 1.75 bits per heavy atom. The van der Waals surface area contributed by atoms with Crippen molar-refractivity contribution in [2.45, 2.75) is 76.0 Å². The Balaban J connectivity index is 1.77. The topological polar surface area (TPSA) is 64.3 Å². The molecule has 0 saturated heterocycles. The van der Waals surface area contributed by atoms with Crippen molar-refractivity contribution in [3.8, 4) is 0 Å². The van der Waals surface area contributed by atoms with E-state index in [9.17, 15) is 13.6 Å². The third-order valence-electron chi connectivity index (χ3n) is 4.25. The first-order valence-corrected chi connectivity index (χ1v) is 7.20. The van der Waals surface area contributed by atoms with Crippen molar-refractivity contribution < 1.29 is 18.3 Å². The average molecular weight is 290 g/mol. The lowest BCUT2D eigenvalue weighted by Crippen LogP contribution is -2.45. The van der Waals surface area contributed by atoms with Crippen LogP contribution in [0.1, 0.15) is 52.9 Å². The SMILES string of the molecule is CC(C)(C)OC(=O)NC1CCC(C2(N)CC2(F)F)CC1. The molecular formula is C14H24F2N2O2. The number of alkyl halides is 2. The average Bonchev–Trinajstić information content (AvgIpc) is 2.77. The molecular weight excluding hydrogens is 266 g/mol. The standard InChI is InChI=1S/C14H24F2N2O2/c1-12(2,3)20-11(19)18-10-6-4-9(5-7-10)13(17)8-14(13,15)16/h9-10H,4-8,17H2,1-3H3,(H,18,19). The molecule has 6 heteroatoms. The van der Waals surface area contributed by atoms with Crippen LogP contribution >= 0.6 is 0 Å². The van der Waals surface area contributed by atoms with E-state index < -0.39 is 23.2 Å². The maximum absolute atomic E-state index is 13.2. The van der Waals surface area contributed by atoms with Gasteiger partial charge in [-0.15, -0.1) is 0 Å². The number of hydrogen-bond acceptors (Lipinski definition) is 3. The van der Waals surface area contributed by atoms with Crippen LogP contribution in [0.5, 0.6) is 0 Å². The Kier molecular flexibility index (Phi) is 3.73. The molecule has 0 heterocycles. The molecule has 3 N–H and O–H groups in total. The quantitative estimate of drug-likeness (QED) is 0.822. The Morgan fingerprint density at radius 3 is 2.15 bits per heavy atom. The van der Waals surface area contributed by atoms with Crippen LogP contribution in [0.3, 0.4) is 0 Å². The van der Waals surface area contributed by atoms with E-state index in [4.69, 9.17) is 10.5 Å². The second-order valence-electron chi connectivity index (χ2n) is 7.12. The van der Waals surface area contributed by atoms with Gasteiger partial charge in [-0.3, -0.25) is 0 Å². The Bertz CT molecular complexity index is 387. The molecule has 0 aromatic carbocycles. The third kappa shape index (κ3) is 3.22. The highest BCUT2D eigenvalue weighted by Crippen LogP contribution is 2.57. The van der Waals surface area contributed by atoms with Gasteiger partial charge in [-0.1, -0.05) is 0 Å². The zero-order valence-electron chi connectivity index (χ0n) is 12.3. The summed E-state index contributed by atoms with van der Waals surface area (Å²) in [6.07, 6.45) is 1.98. The van der Waals surface area contributed by atoms with Crippen LogP contribution in [0.2, 0.25) is 0 Å². The van der Waals surface area contributed by atoms with Gasteiger partial charge in [-0.2, -0.15) is 0 Å². The van der Waals surface area contributed by atoms with Gasteiger partial charge >= 0.3 is 6.09 Å². The minimum absolute atomic E-state index is 0.00271. The summed E-state index contributed by atoms with van der Waals surface area (Å²) < 4.78 is 31.7. The summed E-state index contributed by atoms with van der Waals surface area (Å²) in [7, 11) is 0. The summed E-state index contributed by atoms with van der Waals surface area (Å²) in [5.74, 6) is -2.85. The van der Waals surface area contributed by atoms with Crippen LogP contribution in [-0.2, 0) is 4.74 Å². The summed E-state index contributed by atoms with van der Waals surface area (Å²) in [4.78, 5) is 11.6. The summed E-state index contributed by atoms with van der Waals surface area (Å²) in [6, 6.07) is -0.00271. The molecule has 4 nitrogen and oxygen atoms in total. The predicted octanol–water partition coefficient (Wildman–Crippen LogP) is 2.81. The highest BCUT2D eigenvalue weighted by atomic mass is 19.3. The predicted molar refractivity (Wildman–Crippen MR) is 71.6 cm³/mol. The van der Waals surface area contributed by atoms with Crippen molar-refractivity contribution in [1.29, 1.82) is 0 Å². The molecule has 0 aliphatic heterocycles. The first kappa shape index (κ1) is 15.5. The van der Waals surface area contributed by atoms with Crippen molar-refractivity contribution in [3.05, 3.63) is 0 Å². The van der Waals surface area contributed by atoms with Crippen molar-refractivity contribution in [1.82, 2.24) is 5.32 Å². The fourth-order valence-corrected chi connectivity index (χ4v) is 2.99. The fraction of sp³-hybridized carbons (Fsp3) is 0.929. The lowest BCUT2D eigenvalue weighted by Gasteiger charge is -2.33. The first-order chi connectivity index (χ1) is 9.03. The van der Waals surface area contributed by atoms with Gasteiger partial charge in [0.2, 0.25) is 0 Å². The largest absolute Gasteiger partial charge is 0.444 e. The molecule has 0 radical (unpaired) electrons. The number of rotatable bonds is 2. The van der Waals surface area contributed by atoms with Gasteiger partial charge in [0.25, 0.3) is 5.92 Å². The molecule has 2 aliphatic rings. The summed E-state index contributed by atoms with van der Waals surface area (Å²) in [5.41, 5.74) is 3.94. The molecule has 20 heavy (non-hydrogen) atoms. The van der Waals surface area contributed by atoms with E-state index in [-0.39, 0.29) is 18.4 Å². The number of ether oxygens (including phenoxy) is 1. The lowest BCUT2D eigenvalue weighted by molar-refractivity contribution is 0.0448. The Labute approximate surface area is 118 Å². The van der Waals surface area contributed by atoms with Crippen molar-refractivity contribution in [2.24, 2.45) is 11.7 Å². The summed E-state index contributed by atoms with van der Waals surface area (Å²) >= 11 is 0. The zero-order valence-corrected chi connectivity index (χ0v) is 12.3. The first-order valence-electron chi connectivity index (χ1n) is 7.20. The summed E-state index contributed by atoms with van der Waals surface area (Å²) in [6.45, 7) is 5.41. The molecule has 1 atom stereocenters. The van der Waals surface area contributed by atoms with Crippen LogP contribution < -0.4 is 11.1 Å². The molecule has 0 bridgehead atoms. The van der Waals surface area contributed by atoms with E-state index in [1.165, 1.54) is 0 Å². The maximum atomic E-state index is 13.2. The van der Waals surface area contributed by atoms with Gasteiger partial charge in [0.05, 0.1) is 5.54 Å². The normalized spacial score (nSPS) is 36.3. The number of nitrogens with two attached hydrogens (primary N) is 1. The smallest absolute Gasteiger partial charge is 0.407 e. The van der Waals surface area contributed by atoms with Crippen molar-refractivity contribution in [3.63, 3.8) is 0 Å². The van der Waals surface area contributed by atoms with Gasteiger partial charge in [-0.05, 0) is 52.4 Å². The highest BCUT2D eigenvalue weighted by molar-refractivity contribution is 5.68. The van der Waals surface area contributed by atoms with Crippen molar-refractivity contribution in [2.75, 3.05) is 0 Å². The van der Waals surface area contributed by atoms with E-state index in [1.54, 1.807) is 20.8 Å². The van der Waals surface area contributed by atoms with Gasteiger partial charge < -0.3 is 15.8 Å². The van der Waals surface area contributed by atoms with E-state index >= 15 is 0 Å². The van der Waals surface area contributed by atoms with Gasteiger partial charge in [-0.25, -0.2) is 13.6 Å². The molecule has 116 valence electrons. The molecule has 2 fully saturated rings. The molecule has 2 rings (SSSR count). The molecule has 2 aliphatic carbocycles. The summed E-state index contributed by atoms with van der Waals surface area (Å²) in [5, 5.41) is 2.80. The van der Waals surface area contributed by atoms with Crippen LogP contribution in [0.4, 0.5) is 13.6 Å². The Morgan fingerprint density at radius 1 is 1.25 bits per heavy atom. The molecule has 2 saturated carbocycles. The molecule has 1 unspecified atom stereocenters. The van der Waals surface area contributed by atoms with Crippen molar-refractivity contribution >= 4 is 6.09 Å². The second-order valence-corrected chi connectivity index (χ2v) is 7.12. The van der Waals surface area contributed by atoms with E-state index in [0.717, 1.165) is 0 Å². The Hall–Kier alpha value is -0.910. The number of alkyl carbamates (subject to hydrolysis) is 1. The van der Waals surface area contributed by atoms with E-state index in [1.807, 2.05) is 0 Å². The third-order valence-corrected chi connectivity index (χ3v) is 4.25. The minimum atomic E-state index is -2.71. The van der Waals surface area contributed by atoms with E-state index in [0.29, 0.717) is 25.7 Å². The number of amides is 1. The van der Waals surface area contributed by atoms with E-state index in [2.05, 4.69) is 5.32 Å². The lowest BCUT2D eigenvalue weighted by atomic mass is 9.80. The highest BCUT2D eigenvalue weighted by Gasteiger charge is 2.71. The van der Waals surface area contributed by atoms with Gasteiger partial charge in [0.15, 0.2) is 0 Å². The molecule has 0 aromatic heterocycles. The molecule has 1 amide bonds. The fourth-order valence-electron chi connectivity index (χ4n) is 2.99. The number of nitrogens with one attached hydrogen (secondary N) is 1. The zero-order chi connectivity index (χ0) is 15.2. The van der Waals surface area contributed by atoms with Crippen LogP contribution in [0.25, 0.3) is 0 Å². The van der Waals surface area contributed by atoms with Crippen LogP contribution in [0, 0.1) is 5.92 Å². The molecule has 0 spiro atoms.